The molecule has 0 saturated carbocycles. The first-order valence-corrected chi connectivity index (χ1v) is 16.2. The number of halogens is 2. The molecule has 0 aliphatic rings. The topological polar surface area (TPSA) is 88.1 Å². The number of hydrogen-bond donors (Lipinski definition) is 0. The predicted octanol–water partition coefficient (Wildman–Crippen LogP) is 9.66. The van der Waals surface area contributed by atoms with Crippen LogP contribution in [0.15, 0.2) is 60.7 Å². The lowest BCUT2D eigenvalue weighted by molar-refractivity contribution is 0.0319. The fourth-order valence-corrected chi connectivity index (χ4v) is 4.68. The van der Waals surface area contributed by atoms with Gasteiger partial charge in [0.25, 0.3) is 0 Å². The molecule has 0 radical (unpaired) electrons. The summed E-state index contributed by atoms with van der Waals surface area (Å²) in [7, 11) is 0. The average Bonchev–Trinajstić information content (AvgIpc) is 3.05. The maximum atomic E-state index is 14.7. The maximum absolute atomic E-state index is 14.7. The molecule has 0 heterocycles. The van der Waals surface area contributed by atoms with E-state index in [1.54, 1.807) is 0 Å². The molecule has 0 amide bonds. The number of rotatable bonds is 19. The van der Waals surface area contributed by atoms with Crippen molar-refractivity contribution < 1.29 is 42.1 Å². The Balaban J connectivity index is 1.48. The lowest BCUT2D eigenvalue weighted by Crippen LogP contribution is -2.15. The highest BCUT2D eigenvalue weighted by atomic mass is 19.2. The molecule has 1 atom stereocenters. The van der Waals surface area contributed by atoms with Crippen LogP contribution in [0.25, 0.3) is 0 Å². The molecular formula is C37H44F2O7. The zero-order chi connectivity index (χ0) is 33.3. The van der Waals surface area contributed by atoms with Gasteiger partial charge in [-0.2, -0.15) is 4.39 Å². The van der Waals surface area contributed by atoms with Crippen LogP contribution in [0.5, 0.6) is 17.2 Å². The summed E-state index contributed by atoms with van der Waals surface area (Å²) in [5.74, 6) is -4.85. The number of carbonyl (C=O) groups is 3. The van der Waals surface area contributed by atoms with Crippen molar-refractivity contribution in [2.75, 3.05) is 6.61 Å². The summed E-state index contributed by atoms with van der Waals surface area (Å²) < 4.78 is 50.6. The number of unbranched alkanes of at least 4 members (excludes halogenated alkanes) is 8. The van der Waals surface area contributed by atoms with Gasteiger partial charge >= 0.3 is 17.9 Å². The van der Waals surface area contributed by atoms with Crippen LogP contribution in [-0.2, 0) is 4.74 Å². The monoisotopic (exact) mass is 638 g/mol. The zero-order valence-electron chi connectivity index (χ0n) is 26.9. The number of hydrogen-bond acceptors (Lipinski definition) is 7. The molecule has 0 N–H and O–H groups in total. The van der Waals surface area contributed by atoms with Gasteiger partial charge in [-0.1, -0.05) is 65.2 Å². The second-order valence-corrected chi connectivity index (χ2v) is 11.2. The van der Waals surface area contributed by atoms with E-state index in [-0.39, 0.29) is 35.5 Å². The lowest BCUT2D eigenvalue weighted by atomic mass is 10.1. The molecule has 0 aliphatic carbocycles. The van der Waals surface area contributed by atoms with Crippen LogP contribution in [0.2, 0.25) is 0 Å². The average molecular weight is 639 g/mol. The number of ether oxygens (including phenoxy) is 4. The summed E-state index contributed by atoms with van der Waals surface area (Å²) in [4.78, 5) is 37.6. The second kappa shape index (κ2) is 19.3. The Morgan fingerprint density at radius 3 is 1.74 bits per heavy atom. The third-order valence-electron chi connectivity index (χ3n) is 7.40. The van der Waals surface area contributed by atoms with Gasteiger partial charge < -0.3 is 18.9 Å². The van der Waals surface area contributed by atoms with E-state index in [9.17, 15) is 23.2 Å². The predicted molar refractivity (Wildman–Crippen MR) is 172 cm³/mol. The summed E-state index contributed by atoms with van der Waals surface area (Å²) in [6.07, 6.45) is 11.2. The van der Waals surface area contributed by atoms with Crippen molar-refractivity contribution in [3.63, 3.8) is 0 Å². The minimum Gasteiger partial charge on any atom is -0.490 e. The highest BCUT2D eigenvalue weighted by Gasteiger charge is 2.22. The van der Waals surface area contributed by atoms with E-state index in [4.69, 9.17) is 18.9 Å². The van der Waals surface area contributed by atoms with Gasteiger partial charge in [0.1, 0.15) is 11.5 Å². The largest absolute Gasteiger partial charge is 0.490 e. The molecule has 3 rings (SSSR count). The van der Waals surface area contributed by atoms with Crippen molar-refractivity contribution in [1.29, 1.82) is 0 Å². The van der Waals surface area contributed by atoms with Gasteiger partial charge in [-0.15, -0.1) is 0 Å². The Morgan fingerprint density at radius 1 is 0.609 bits per heavy atom. The van der Waals surface area contributed by atoms with Gasteiger partial charge in [0.2, 0.25) is 5.82 Å². The molecule has 9 heteroatoms. The van der Waals surface area contributed by atoms with Crippen molar-refractivity contribution in [2.45, 2.75) is 97.5 Å². The first-order chi connectivity index (χ1) is 22.2. The van der Waals surface area contributed by atoms with E-state index >= 15 is 0 Å². The lowest BCUT2D eigenvalue weighted by Gasteiger charge is -2.13. The van der Waals surface area contributed by atoms with Crippen molar-refractivity contribution in [3.8, 4) is 17.2 Å². The van der Waals surface area contributed by atoms with Gasteiger partial charge in [-0.05, 0) is 86.8 Å². The molecule has 3 aromatic rings. The number of carbonyl (C=O) groups excluding carboxylic acids is 3. The van der Waals surface area contributed by atoms with Crippen LogP contribution in [0.1, 0.15) is 122 Å². The van der Waals surface area contributed by atoms with Gasteiger partial charge in [0.05, 0.1) is 29.4 Å². The fourth-order valence-electron chi connectivity index (χ4n) is 4.68. The van der Waals surface area contributed by atoms with Crippen LogP contribution in [-0.4, -0.2) is 30.6 Å². The third-order valence-corrected chi connectivity index (χ3v) is 7.40. The first-order valence-electron chi connectivity index (χ1n) is 16.2. The molecule has 0 fully saturated rings. The molecule has 0 bridgehead atoms. The van der Waals surface area contributed by atoms with Crippen LogP contribution >= 0.6 is 0 Å². The summed E-state index contributed by atoms with van der Waals surface area (Å²) in [5.41, 5.74) is -0.0797. The van der Waals surface area contributed by atoms with E-state index in [1.165, 1.54) is 61.0 Å². The summed E-state index contributed by atoms with van der Waals surface area (Å²) in [6, 6.07) is 13.8. The Labute approximate surface area is 270 Å². The third kappa shape index (κ3) is 11.6. The van der Waals surface area contributed by atoms with E-state index in [0.29, 0.717) is 5.56 Å². The molecule has 3 aromatic carbocycles. The Hall–Kier alpha value is -4.27. The van der Waals surface area contributed by atoms with Gasteiger partial charge in [0.15, 0.2) is 11.6 Å². The quantitative estimate of drug-likeness (QED) is 0.0734. The summed E-state index contributed by atoms with van der Waals surface area (Å²) in [5, 5.41) is 0. The molecule has 1 unspecified atom stereocenters. The Bertz CT molecular complexity index is 1400. The van der Waals surface area contributed by atoms with Crippen LogP contribution in [0.4, 0.5) is 8.78 Å². The van der Waals surface area contributed by atoms with Crippen molar-refractivity contribution in [1.82, 2.24) is 0 Å². The minimum atomic E-state index is -1.36. The normalized spacial score (nSPS) is 11.5. The van der Waals surface area contributed by atoms with E-state index < -0.39 is 35.1 Å². The smallest absolute Gasteiger partial charge is 0.346 e. The van der Waals surface area contributed by atoms with Gasteiger partial charge in [0, 0.05) is 0 Å². The van der Waals surface area contributed by atoms with E-state index in [1.807, 2.05) is 6.92 Å². The maximum Gasteiger partial charge on any atom is 0.346 e. The van der Waals surface area contributed by atoms with Crippen LogP contribution < -0.4 is 14.2 Å². The number of benzene rings is 3. The van der Waals surface area contributed by atoms with E-state index in [0.717, 1.165) is 70.3 Å². The van der Waals surface area contributed by atoms with Crippen LogP contribution in [0, 0.1) is 11.6 Å². The van der Waals surface area contributed by atoms with Crippen molar-refractivity contribution in [3.05, 3.63) is 89.0 Å². The molecule has 46 heavy (non-hydrogen) atoms. The Morgan fingerprint density at radius 2 is 1.13 bits per heavy atom. The first kappa shape index (κ1) is 36.2. The SMILES string of the molecule is CCCCCCCCOc1ccc(C(=O)Oc2ccc(C(=O)Oc3ccc(C(=O)OC(C)CCCCCC)cc3)cc2)c(F)c1F. The molecule has 7 nitrogen and oxygen atoms in total. The fraction of sp³-hybridized carbons (Fsp3) is 0.432. The standard InChI is InChI=1S/C37H44F2O7/c1-4-6-8-10-11-13-25-43-32-24-23-31(33(38)34(32)39)37(42)46-30-21-17-28(18-22-30)36(41)45-29-19-15-27(16-20-29)35(40)44-26(3)14-12-9-7-5-2/h15-24,26H,4-14,25H2,1-3H3. The summed E-state index contributed by atoms with van der Waals surface area (Å²) in [6.45, 7) is 6.40. The van der Waals surface area contributed by atoms with Gasteiger partial charge in [-0.3, -0.25) is 0 Å². The zero-order valence-corrected chi connectivity index (χ0v) is 26.9. The molecule has 0 spiro atoms. The Kier molecular flexibility index (Phi) is 15.2. The molecule has 248 valence electrons. The highest BCUT2D eigenvalue weighted by molar-refractivity contribution is 5.93. The van der Waals surface area contributed by atoms with Crippen molar-refractivity contribution >= 4 is 17.9 Å². The highest BCUT2D eigenvalue weighted by Crippen LogP contribution is 2.25. The van der Waals surface area contributed by atoms with E-state index in [2.05, 4.69) is 13.8 Å². The molecular weight excluding hydrogens is 594 g/mol. The van der Waals surface area contributed by atoms with Gasteiger partial charge in [-0.25, -0.2) is 18.8 Å². The van der Waals surface area contributed by atoms with Crippen molar-refractivity contribution in [2.24, 2.45) is 0 Å². The minimum absolute atomic E-state index is 0.0206. The second-order valence-electron chi connectivity index (χ2n) is 11.2. The molecule has 0 aromatic heterocycles. The number of esters is 3. The van der Waals surface area contributed by atoms with Crippen LogP contribution in [0.3, 0.4) is 0 Å². The molecule has 0 saturated heterocycles. The molecule has 0 aliphatic heterocycles. The summed E-state index contributed by atoms with van der Waals surface area (Å²) >= 11 is 0.